The lowest BCUT2D eigenvalue weighted by atomic mass is 10.00. The third-order valence-corrected chi connectivity index (χ3v) is 6.16. The van der Waals surface area contributed by atoms with Gasteiger partial charge in [-0.3, -0.25) is 4.79 Å². The molecule has 1 aliphatic carbocycles. The zero-order valence-corrected chi connectivity index (χ0v) is 14.5. The van der Waals surface area contributed by atoms with Crippen LogP contribution in [0.15, 0.2) is 21.5 Å². The van der Waals surface area contributed by atoms with Crippen LogP contribution in [0.2, 0.25) is 0 Å². The summed E-state index contributed by atoms with van der Waals surface area (Å²) in [4.78, 5) is 12.3. The Balaban J connectivity index is 2.36. The van der Waals surface area contributed by atoms with Crippen LogP contribution in [0.3, 0.4) is 0 Å². The largest absolute Gasteiger partial charge is 0.347 e. The topological polar surface area (TPSA) is 89.3 Å². The van der Waals surface area contributed by atoms with Crippen molar-refractivity contribution in [1.29, 1.82) is 0 Å². The van der Waals surface area contributed by atoms with Crippen LogP contribution in [0, 0.1) is 6.92 Å². The number of carbonyl (C=O) groups excluding carboxylic acids is 1. The molecule has 1 amide bonds. The van der Waals surface area contributed by atoms with Gasteiger partial charge in [0.2, 0.25) is 10.0 Å². The summed E-state index contributed by atoms with van der Waals surface area (Å²) in [5, 5.41) is 8.20. The normalized spacial score (nSPS) is 17.7. The van der Waals surface area contributed by atoms with Gasteiger partial charge in [-0.15, -0.1) is 0 Å². The van der Waals surface area contributed by atoms with E-state index in [2.05, 4.69) is 21.2 Å². The molecule has 0 heterocycles. The maximum atomic E-state index is 12.4. The van der Waals surface area contributed by atoms with Crippen molar-refractivity contribution in [2.45, 2.75) is 50.0 Å². The highest BCUT2D eigenvalue weighted by Gasteiger charge is 2.31. The fourth-order valence-electron chi connectivity index (χ4n) is 2.70. The number of benzene rings is 1. The molecule has 1 saturated carbocycles. The standard InChI is InChI=1S/C14H19BrN2O3S/c1-9-7-10(8-11(12(9)15)21(16,19)20)13(18)17-14(2)5-3-4-6-14/h7-8H,3-6H2,1-2H3,(H,17,18)(H2,16,19,20). The van der Waals surface area contributed by atoms with E-state index < -0.39 is 10.0 Å². The fourth-order valence-corrected chi connectivity index (χ4v) is 4.31. The van der Waals surface area contributed by atoms with Gasteiger partial charge in [0.25, 0.3) is 5.91 Å². The number of hydrogen-bond donors (Lipinski definition) is 2. The van der Waals surface area contributed by atoms with Gasteiger partial charge in [-0.1, -0.05) is 12.8 Å². The van der Waals surface area contributed by atoms with Gasteiger partial charge in [-0.05, 0) is 60.3 Å². The SMILES string of the molecule is Cc1cc(C(=O)NC2(C)CCCC2)cc(S(N)(=O)=O)c1Br. The molecule has 1 aromatic carbocycles. The van der Waals surface area contributed by atoms with Crippen molar-refractivity contribution in [3.8, 4) is 0 Å². The second kappa shape index (κ2) is 5.70. The number of nitrogens with two attached hydrogens (primary N) is 1. The van der Waals surface area contributed by atoms with E-state index in [-0.39, 0.29) is 16.3 Å². The molecule has 1 aliphatic rings. The van der Waals surface area contributed by atoms with Crippen LogP contribution in [0.1, 0.15) is 48.5 Å². The Hall–Kier alpha value is -0.920. The minimum atomic E-state index is -3.88. The Morgan fingerprint density at radius 1 is 1.33 bits per heavy atom. The number of primary sulfonamides is 1. The quantitative estimate of drug-likeness (QED) is 0.851. The molecule has 0 spiro atoms. The van der Waals surface area contributed by atoms with Crippen molar-refractivity contribution in [2.75, 3.05) is 0 Å². The summed E-state index contributed by atoms with van der Waals surface area (Å²) in [6.45, 7) is 3.75. The van der Waals surface area contributed by atoms with Gasteiger partial charge >= 0.3 is 0 Å². The summed E-state index contributed by atoms with van der Waals surface area (Å²) in [5.41, 5.74) is 0.760. The van der Waals surface area contributed by atoms with Crippen molar-refractivity contribution in [3.63, 3.8) is 0 Å². The molecule has 5 nitrogen and oxygen atoms in total. The molecular weight excluding hydrogens is 356 g/mol. The first-order chi connectivity index (χ1) is 9.62. The van der Waals surface area contributed by atoms with Crippen LogP contribution < -0.4 is 10.5 Å². The molecule has 3 N–H and O–H groups in total. The third kappa shape index (κ3) is 3.64. The van der Waals surface area contributed by atoms with Gasteiger partial charge in [-0.2, -0.15) is 0 Å². The van der Waals surface area contributed by atoms with Crippen LogP contribution in [0.4, 0.5) is 0 Å². The van der Waals surface area contributed by atoms with E-state index in [9.17, 15) is 13.2 Å². The number of sulfonamides is 1. The molecule has 0 aliphatic heterocycles. The highest BCUT2D eigenvalue weighted by atomic mass is 79.9. The molecule has 116 valence electrons. The Labute approximate surface area is 133 Å². The van der Waals surface area contributed by atoms with Crippen LogP contribution >= 0.6 is 15.9 Å². The second-order valence-electron chi connectivity index (χ2n) is 5.87. The molecule has 21 heavy (non-hydrogen) atoms. The fraction of sp³-hybridized carbons (Fsp3) is 0.500. The highest BCUT2D eigenvalue weighted by Crippen LogP contribution is 2.30. The predicted octanol–water partition coefficient (Wildman–Crippen LogP) is 2.47. The second-order valence-corrected chi connectivity index (χ2v) is 8.20. The highest BCUT2D eigenvalue weighted by molar-refractivity contribution is 9.10. The maximum absolute atomic E-state index is 12.4. The minimum Gasteiger partial charge on any atom is -0.347 e. The number of amides is 1. The molecule has 1 aromatic rings. The van der Waals surface area contributed by atoms with Crippen molar-refractivity contribution < 1.29 is 13.2 Å². The Morgan fingerprint density at radius 2 is 1.90 bits per heavy atom. The summed E-state index contributed by atoms with van der Waals surface area (Å²) in [7, 11) is -3.88. The van der Waals surface area contributed by atoms with Crippen LogP contribution in [0.25, 0.3) is 0 Å². The average Bonchev–Trinajstić information content (AvgIpc) is 2.77. The van der Waals surface area contributed by atoms with E-state index >= 15 is 0 Å². The smallest absolute Gasteiger partial charge is 0.251 e. The summed E-state index contributed by atoms with van der Waals surface area (Å²) < 4.78 is 23.6. The summed E-state index contributed by atoms with van der Waals surface area (Å²) in [6.07, 6.45) is 4.07. The monoisotopic (exact) mass is 374 g/mol. The Kier molecular flexibility index (Phi) is 4.46. The third-order valence-electron chi connectivity index (χ3n) is 3.91. The number of aryl methyl sites for hydroxylation is 1. The molecule has 0 unspecified atom stereocenters. The van der Waals surface area contributed by atoms with E-state index in [1.54, 1.807) is 13.0 Å². The molecule has 0 aromatic heterocycles. The van der Waals surface area contributed by atoms with Crippen LogP contribution in [-0.2, 0) is 10.0 Å². The van der Waals surface area contributed by atoms with E-state index in [0.717, 1.165) is 25.7 Å². The number of carbonyl (C=O) groups is 1. The van der Waals surface area contributed by atoms with Gasteiger partial charge in [0.05, 0.1) is 4.90 Å². The van der Waals surface area contributed by atoms with E-state index in [1.807, 2.05) is 6.92 Å². The summed E-state index contributed by atoms with van der Waals surface area (Å²) in [5.74, 6) is -0.264. The maximum Gasteiger partial charge on any atom is 0.251 e. The van der Waals surface area contributed by atoms with Crippen LogP contribution in [-0.4, -0.2) is 19.9 Å². The lowest BCUT2D eigenvalue weighted by molar-refractivity contribution is 0.0907. The zero-order valence-electron chi connectivity index (χ0n) is 12.1. The molecule has 1 fully saturated rings. The molecule has 2 rings (SSSR count). The molecule has 0 saturated heterocycles. The van der Waals surface area contributed by atoms with Crippen molar-refractivity contribution in [2.24, 2.45) is 5.14 Å². The minimum absolute atomic E-state index is 0.0655. The van der Waals surface area contributed by atoms with Crippen molar-refractivity contribution in [1.82, 2.24) is 5.32 Å². The number of halogens is 1. The number of rotatable bonds is 3. The first-order valence-electron chi connectivity index (χ1n) is 6.78. The zero-order chi connectivity index (χ0) is 15.8. The first kappa shape index (κ1) is 16.5. The van der Waals surface area contributed by atoms with E-state index in [4.69, 9.17) is 5.14 Å². The first-order valence-corrected chi connectivity index (χ1v) is 9.12. The molecular formula is C14H19BrN2O3S. The van der Waals surface area contributed by atoms with Gasteiger partial charge in [0.1, 0.15) is 0 Å². The van der Waals surface area contributed by atoms with Crippen molar-refractivity contribution >= 4 is 31.9 Å². The summed E-state index contributed by atoms with van der Waals surface area (Å²) in [6, 6.07) is 2.98. The van der Waals surface area contributed by atoms with E-state index in [1.165, 1.54) is 6.07 Å². The van der Waals surface area contributed by atoms with Gasteiger partial charge in [0.15, 0.2) is 0 Å². The molecule has 0 bridgehead atoms. The Bertz CT molecular complexity index is 680. The molecule has 0 atom stereocenters. The lowest BCUT2D eigenvalue weighted by Crippen LogP contribution is -2.43. The number of nitrogens with one attached hydrogen (secondary N) is 1. The van der Waals surface area contributed by atoms with Crippen LogP contribution in [0.5, 0.6) is 0 Å². The van der Waals surface area contributed by atoms with Gasteiger partial charge in [-0.25, -0.2) is 13.6 Å². The van der Waals surface area contributed by atoms with E-state index in [0.29, 0.717) is 15.6 Å². The average molecular weight is 375 g/mol. The predicted molar refractivity (Wildman–Crippen MR) is 84.6 cm³/mol. The Morgan fingerprint density at radius 3 is 2.43 bits per heavy atom. The molecule has 0 radical (unpaired) electrons. The molecule has 7 heteroatoms. The van der Waals surface area contributed by atoms with Gasteiger partial charge < -0.3 is 5.32 Å². The van der Waals surface area contributed by atoms with Gasteiger partial charge in [0, 0.05) is 15.6 Å². The lowest BCUT2D eigenvalue weighted by Gasteiger charge is -2.25. The number of hydrogen-bond acceptors (Lipinski definition) is 3. The van der Waals surface area contributed by atoms with Crippen molar-refractivity contribution in [3.05, 3.63) is 27.7 Å². The summed E-state index contributed by atoms with van der Waals surface area (Å²) >= 11 is 3.21.